The first-order valence-corrected chi connectivity index (χ1v) is 11.2. The summed E-state index contributed by atoms with van der Waals surface area (Å²) in [6, 6.07) is 4.19. The van der Waals surface area contributed by atoms with E-state index in [1.807, 2.05) is 31.4 Å². The fourth-order valence-corrected chi connectivity index (χ4v) is 4.81. The van der Waals surface area contributed by atoms with Crippen LogP contribution in [0.5, 0.6) is 0 Å². The maximum Gasteiger partial charge on any atom is 0.245 e. The molecule has 0 spiro atoms. The predicted octanol–water partition coefficient (Wildman–Crippen LogP) is 3.53. The number of carbonyl (C=O) groups excluding carboxylic acids is 2. The number of carbonyl (C=O) groups is 2. The zero-order valence-corrected chi connectivity index (χ0v) is 17.4. The summed E-state index contributed by atoms with van der Waals surface area (Å²) >= 11 is 1.58. The summed E-state index contributed by atoms with van der Waals surface area (Å²) in [5.41, 5.74) is -0.844. The van der Waals surface area contributed by atoms with Gasteiger partial charge >= 0.3 is 0 Å². The molecule has 0 radical (unpaired) electrons. The van der Waals surface area contributed by atoms with Crippen molar-refractivity contribution >= 4 is 23.2 Å². The molecule has 2 unspecified atom stereocenters. The standard InChI is InChI=1S/C21H32N2O3S/c1-3-21(2,20(25)22-16-8-4-5-9-16)23(15-17-10-6-12-26-17)19(24)14-18-11-7-13-27-18/h7,11,13,16-17H,3-6,8-10,12,14-15H2,1-2H3,(H,22,25). The Balaban J connectivity index is 1.78. The molecule has 27 heavy (non-hydrogen) atoms. The van der Waals surface area contributed by atoms with E-state index < -0.39 is 5.54 Å². The molecule has 5 nitrogen and oxygen atoms in total. The van der Waals surface area contributed by atoms with Gasteiger partial charge in [0.2, 0.25) is 11.8 Å². The Morgan fingerprint density at radius 2 is 2.07 bits per heavy atom. The molecule has 3 rings (SSSR count). The van der Waals surface area contributed by atoms with Crippen LogP contribution in [0, 0.1) is 0 Å². The average molecular weight is 393 g/mol. The Bertz CT molecular complexity index is 621. The average Bonchev–Trinajstić information content (AvgIpc) is 3.42. The maximum atomic E-state index is 13.2. The first-order chi connectivity index (χ1) is 13.0. The largest absolute Gasteiger partial charge is 0.376 e. The second kappa shape index (κ2) is 9.20. The van der Waals surface area contributed by atoms with Gasteiger partial charge in [-0.05, 0) is 50.5 Å². The van der Waals surface area contributed by atoms with Gasteiger partial charge in [-0.3, -0.25) is 9.59 Å². The topological polar surface area (TPSA) is 58.6 Å². The summed E-state index contributed by atoms with van der Waals surface area (Å²) in [6.07, 6.45) is 7.37. The van der Waals surface area contributed by atoms with Gasteiger partial charge in [0, 0.05) is 24.1 Å². The Morgan fingerprint density at radius 1 is 1.30 bits per heavy atom. The highest BCUT2D eigenvalue weighted by Gasteiger charge is 2.42. The van der Waals surface area contributed by atoms with Crippen molar-refractivity contribution in [3.8, 4) is 0 Å². The second-order valence-corrected chi connectivity index (χ2v) is 9.01. The molecule has 6 heteroatoms. The molecule has 2 aliphatic rings. The Labute approximate surface area is 166 Å². The fraction of sp³-hybridized carbons (Fsp3) is 0.714. The molecule has 1 saturated heterocycles. The lowest BCUT2D eigenvalue weighted by Crippen LogP contribution is -2.61. The molecule has 1 aliphatic heterocycles. The van der Waals surface area contributed by atoms with Gasteiger partial charge in [-0.1, -0.05) is 25.8 Å². The van der Waals surface area contributed by atoms with E-state index in [4.69, 9.17) is 4.74 Å². The molecule has 1 aromatic rings. The third-order valence-electron chi connectivity index (χ3n) is 6.08. The SMILES string of the molecule is CCC(C)(C(=O)NC1CCCC1)N(CC1CCCO1)C(=O)Cc1cccs1. The van der Waals surface area contributed by atoms with Crippen LogP contribution in [0.2, 0.25) is 0 Å². The molecule has 0 bridgehead atoms. The smallest absolute Gasteiger partial charge is 0.245 e. The van der Waals surface area contributed by atoms with Crippen molar-refractivity contribution in [1.29, 1.82) is 0 Å². The lowest BCUT2D eigenvalue weighted by Gasteiger charge is -2.41. The maximum absolute atomic E-state index is 13.2. The number of nitrogens with one attached hydrogen (secondary N) is 1. The van der Waals surface area contributed by atoms with Crippen molar-refractivity contribution < 1.29 is 14.3 Å². The number of ether oxygens (including phenoxy) is 1. The summed E-state index contributed by atoms with van der Waals surface area (Å²) in [5, 5.41) is 5.20. The lowest BCUT2D eigenvalue weighted by atomic mass is 9.93. The lowest BCUT2D eigenvalue weighted by molar-refractivity contribution is -0.149. The van der Waals surface area contributed by atoms with Crippen LogP contribution in [0.1, 0.15) is 63.7 Å². The number of hydrogen-bond donors (Lipinski definition) is 1. The van der Waals surface area contributed by atoms with Gasteiger partial charge in [-0.2, -0.15) is 0 Å². The molecular weight excluding hydrogens is 360 g/mol. The second-order valence-electron chi connectivity index (χ2n) is 7.98. The quantitative estimate of drug-likeness (QED) is 0.736. The van der Waals surface area contributed by atoms with Crippen molar-refractivity contribution in [3.63, 3.8) is 0 Å². The molecule has 1 saturated carbocycles. The van der Waals surface area contributed by atoms with E-state index in [9.17, 15) is 9.59 Å². The molecule has 1 N–H and O–H groups in total. The van der Waals surface area contributed by atoms with Crippen LogP contribution in [0.3, 0.4) is 0 Å². The number of nitrogens with zero attached hydrogens (tertiary/aromatic N) is 1. The van der Waals surface area contributed by atoms with E-state index in [-0.39, 0.29) is 24.0 Å². The van der Waals surface area contributed by atoms with Gasteiger partial charge in [0.05, 0.1) is 12.5 Å². The van der Waals surface area contributed by atoms with Crippen LogP contribution in [0.4, 0.5) is 0 Å². The van der Waals surface area contributed by atoms with E-state index in [0.717, 1.165) is 37.2 Å². The van der Waals surface area contributed by atoms with Gasteiger partial charge < -0.3 is 15.0 Å². The number of amides is 2. The van der Waals surface area contributed by atoms with E-state index in [2.05, 4.69) is 5.32 Å². The molecule has 150 valence electrons. The summed E-state index contributed by atoms with van der Waals surface area (Å²) in [7, 11) is 0. The fourth-order valence-electron chi connectivity index (χ4n) is 4.11. The molecule has 2 fully saturated rings. The summed E-state index contributed by atoms with van der Waals surface area (Å²) in [6.45, 7) is 5.15. The van der Waals surface area contributed by atoms with Crippen molar-refractivity contribution in [3.05, 3.63) is 22.4 Å². The number of thiophene rings is 1. The van der Waals surface area contributed by atoms with E-state index >= 15 is 0 Å². The summed E-state index contributed by atoms with van der Waals surface area (Å²) in [4.78, 5) is 29.3. The van der Waals surface area contributed by atoms with Gasteiger partial charge in [0.25, 0.3) is 0 Å². The van der Waals surface area contributed by atoms with Crippen molar-refractivity contribution in [2.24, 2.45) is 0 Å². The van der Waals surface area contributed by atoms with Crippen LogP contribution in [-0.4, -0.2) is 47.6 Å². The number of rotatable bonds is 8. The molecular formula is C21H32N2O3S. The molecule has 1 aliphatic carbocycles. The van der Waals surface area contributed by atoms with Crippen molar-refractivity contribution in [1.82, 2.24) is 10.2 Å². The van der Waals surface area contributed by atoms with Crippen molar-refractivity contribution in [2.45, 2.75) is 82.9 Å². The third-order valence-corrected chi connectivity index (χ3v) is 6.96. The minimum Gasteiger partial charge on any atom is -0.376 e. The first kappa shape index (κ1) is 20.3. The van der Waals surface area contributed by atoms with Crippen molar-refractivity contribution in [2.75, 3.05) is 13.2 Å². The summed E-state index contributed by atoms with van der Waals surface area (Å²) < 4.78 is 5.80. The molecule has 2 heterocycles. The van der Waals surface area contributed by atoms with Crippen LogP contribution in [0.25, 0.3) is 0 Å². The third kappa shape index (κ3) is 4.91. The predicted molar refractivity (Wildman–Crippen MR) is 108 cm³/mol. The monoisotopic (exact) mass is 392 g/mol. The minimum absolute atomic E-state index is 0.0128. The molecule has 0 aromatic carbocycles. The highest BCUT2D eigenvalue weighted by molar-refractivity contribution is 7.10. The minimum atomic E-state index is -0.844. The van der Waals surface area contributed by atoms with Crippen LogP contribution >= 0.6 is 11.3 Å². The van der Waals surface area contributed by atoms with Crippen LogP contribution < -0.4 is 5.32 Å². The Hall–Kier alpha value is -1.40. The van der Waals surface area contributed by atoms with E-state index in [1.165, 1.54) is 12.8 Å². The first-order valence-electron chi connectivity index (χ1n) is 10.3. The highest BCUT2D eigenvalue weighted by atomic mass is 32.1. The van der Waals surface area contributed by atoms with Crippen LogP contribution in [0.15, 0.2) is 17.5 Å². The van der Waals surface area contributed by atoms with Gasteiger partial charge in [0.1, 0.15) is 5.54 Å². The van der Waals surface area contributed by atoms with Gasteiger partial charge in [-0.25, -0.2) is 0 Å². The zero-order valence-electron chi connectivity index (χ0n) is 16.5. The molecule has 1 aromatic heterocycles. The van der Waals surface area contributed by atoms with Gasteiger partial charge in [-0.15, -0.1) is 11.3 Å². The van der Waals surface area contributed by atoms with E-state index in [1.54, 1.807) is 16.2 Å². The molecule has 2 atom stereocenters. The molecule has 2 amide bonds. The van der Waals surface area contributed by atoms with Gasteiger partial charge in [0.15, 0.2) is 0 Å². The number of hydrogen-bond acceptors (Lipinski definition) is 4. The Morgan fingerprint density at radius 3 is 2.67 bits per heavy atom. The van der Waals surface area contributed by atoms with Crippen LogP contribution in [-0.2, 0) is 20.7 Å². The normalized spacial score (nSPS) is 22.5. The summed E-state index contributed by atoms with van der Waals surface area (Å²) in [5.74, 6) is -0.00621. The zero-order chi connectivity index (χ0) is 19.3. The Kier molecular flexibility index (Phi) is 6.93. The highest BCUT2D eigenvalue weighted by Crippen LogP contribution is 2.27. The van der Waals surface area contributed by atoms with E-state index in [0.29, 0.717) is 19.4 Å².